The number of aromatic nitrogens is 1. The summed E-state index contributed by atoms with van der Waals surface area (Å²) in [4.78, 5) is 23.1. The molecule has 0 saturated heterocycles. The molecule has 0 aliphatic heterocycles. The molecule has 1 aromatic heterocycles. The van der Waals surface area contributed by atoms with Gasteiger partial charge < -0.3 is 14.9 Å². The molecular weight excluding hydrogens is 440 g/mol. The molecule has 0 unspecified atom stereocenters. The minimum atomic E-state index is -0.681. The van der Waals surface area contributed by atoms with E-state index in [0.717, 1.165) is 42.4 Å². The Balaban J connectivity index is 1.62. The van der Waals surface area contributed by atoms with Gasteiger partial charge in [0.1, 0.15) is 0 Å². The third kappa shape index (κ3) is 5.53. The summed E-state index contributed by atoms with van der Waals surface area (Å²) in [7, 11) is 1.68. The summed E-state index contributed by atoms with van der Waals surface area (Å²) < 4.78 is 1.48. The Kier molecular flexibility index (Phi) is 7.49. The van der Waals surface area contributed by atoms with E-state index in [4.69, 9.17) is 0 Å². The van der Waals surface area contributed by atoms with Crippen molar-refractivity contribution in [3.05, 3.63) is 105 Å². The summed E-state index contributed by atoms with van der Waals surface area (Å²) >= 11 is 0. The van der Waals surface area contributed by atoms with E-state index in [1.54, 1.807) is 19.3 Å². The molecule has 35 heavy (non-hydrogen) atoms. The van der Waals surface area contributed by atoms with Crippen LogP contribution in [0.3, 0.4) is 0 Å². The number of hydrogen-bond acceptors (Lipinski definition) is 4. The molecule has 6 heteroatoms. The number of pyridine rings is 1. The minimum absolute atomic E-state index is 0.0314. The smallest absolute Gasteiger partial charge is 0.306 e. The normalized spacial score (nSPS) is 19.3. The number of carboxylic acid groups (broad SMARTS) is 1. The highest BCUT2D eigenvalue weighted by Gasteiger charge is 2.27. The Morgan fingerprint density at radius 1 is 1.03 bits per heavy atom. The van der Waals surface area contributed by atoms with Crippen LogP contribution in [0.4, 0.5) is 0 Å². The molecule has 182 valence electrons. The van der Waals surface area contributed by atoms with E-state index in [2.05, 4.69) is 48.5 Å². The molecule has 2 aromatic carbocycles. The third-order valence-electron chi connectivity index (χ3n) is 7.39. The maximum atomic E-state index is 11.8. The Labute approximate surface area is 205 Å². The highest BCUT2D eigenvalue weighted by atomic mass is 16.4. The van der Waals surface area contributed by atoms with Gasteiger partial charge in [-0.05, 0) is 66.8 Å². The molecular formula is C29H32N2O4. The van der Waals surface area contributed by atoms with Crippen LogP contribution in [0.15, 0.2) is 76.8 Å². The van der Waals surface area contributed by atoms with Gasteiger partial charge >= 0.3 is 5.97 Å². The monoisotopic (exact) mass is 472 g/mol. The van der Waals surface area contributed by atoms with Gasteiger partial charge in [0.15, 0.2) is 0 Å². The van der Waals surface area contributed by atoms with Crippen molar-refractivity contribution in [1.82, 2.24) is 4.57 Å². The van der Waals surface area contributed by atoms with Crippen molar-refractivity contribution in [2.75, 3.05) is 0 Å². The highest BCUT2D eigenvalue weighted by molar-refractivity contribution is 6.00. The second-order valence-electron chi connectivity index (χ2n) is 9.58. The Morgan fingerprint density at radius 3 is 2.31 bits per heavy atom. The standard InChI is InChI=1S/C29H32N2O4/c1-19-5-3-4-6-25(19)26(17-27(30-35)24-15-16-28(32)31(2)18-24)22-11-7-20(8-12-22)21-9-13-23(14-10-21)29(33)34/h3-8,11-12,15-16,18,21,23,26,35H,9-10,13-14,17H2,1-2H3,(H,33,34)/b30-27-/t21?,23?,26-/m0/s1. The zero-order chi connectivity index (χ0) is 24.9. The van der Waals surface area contributed by atoms with Gasteiger partial charge in [0.25, 0.3) is 0 Å². The molecule has 1 saturated carbocycles. The zero-order valence-corrected chi connectivity index (χ0v) is 20.2. The Bertz CT molecular complexity index is 1270. The van der Waals surface area contributed by atoms with Crippen LogP contribution in [0, 0.1) is 12.8 Å². The lowest BCUT2D eigenvalue weighted by Gasteiger charge is -2.27. The summed E-state index contributed by atoms with van der Waals surface area (Å²) in [6.45, 7) is 2.08. The topological polar surface area (TPSA) is 91.9 Å². The van der Waals surface area contributed by atoms with Crippen molar-refractivity contribution in [2.45, 2.75) is 50.9 Å². The maximum absolute atomic E-state index is 11.8. The Morgan fingerprint density at radius 2 is 1.71 bits per heavy atom. The van der Waals surface area contributed by atoms with Crippen LogP contribution < -0.4 is 5.56 Å². The fourth-order valence-electron chi connectivity index (χ4n) is 5.23. The summed E-state index contributed by atoms with van der Waals surface area (Å²) in [6.07, 6.45) is 5.41. The lowest BCUT2D eigenvalue weighted by molar-refractivity contribution is -0.142. The van der Waals surface area contributed by atoms with Crippen LogP contribution in [0.1, 0.15) is 71.8 Å². The molecule has 6 nitrogen and oxygen atoms in total. The summed E-state index contributed by atoms with van der Waals surface area (Å²) in [6, 6.07) is 20.0. The Hall–Kier alpha value is -3.67. The highest BCUT2D eigenvalue weighted by Crippen LogP contribution is 2.37. The molecule has 1 heterocycles. The van der Waals surface area contributed by atoms with Gasteiger partial charge in [-0.3, -0.25) is 9.59 Å². The fourth-order valence-corrected chi connectivity index (χ4v) is 5.23. The number of oxime groups is 1. The first-order valence-electron chi connectivity index (χ1n) is 12.1. The quantitative estimate of drug-likeness (QED) is 0.272. The van der Waals surface area contributed by atoms with Gasteiger partial charge in [0.05, 0.1) is 11.6 Å². The van der Waals surface area contributed by atoms with E-state index in [9.17, 15) is 19.9 Å². The molecule has 0 amide bonds. The molecule has 0 spiro atoms. The third-order valence-corrected chi connectivity index (χ3v) is 7.39. The van der Waals surface area contributed by atoms with Crippen LogP contribution in [0.2, 0.25) is 0 Å². The minimum Gasteiger partial charge on any atom is -0.481 e. The molecule has 0 radical (unpaired) electrons. The number of rotatable bonds is 7. The van der Waals surface area contributed by atoms with Crippen molar-refractivity contribution in [1.29, 1.82) is 0 Å². The largest absolute Gasteiger partial charge is 0.481 e. The lowest BCUT2D eigenvalue weighted by atomic mass is 9.78. The average Bonchev–Trinajstić information content (AvgIpc) is 2.87. The first kappa shape index (κ1) is 24.5. The van der Waals surface area contributed by atoms with Gasteiger partial charge in [0, 0.05) is 37.2 Å². The predicted octanol–water partition coefficient (Wildman–Crippen LogP) is 5.45. The van der Waals surface area contributed by atoms with Crippen molar-refractivity contribution in [3.8, 4) is 0 Å². The predicted molar refractivity (Wildman–Crippen MR) is 136 cm³/mol. The number of benzene rings is 2. The molecule has 1 aliphatic rings. The average molecular weight is 473 g/mol. The van der Waals surface area contributed by atoms with Crippen molar-refractivity contribution >= 4 is 11.7 Å². The molecule has 4 rings (SSSR count). The number of nitrogens with zero attached hydrogens (tertiary/aromatic N) is 2. The van der Waals surface area contributed by atoms with Crippen LogP contribution in [0.5, 0.6) is 0 Å². The molecule has 1 atom stereocenters. The fraction of sp³-hybridized carbons (Fsp3) is 0.345. The zero-order valence-electron chi connectivity index (χ0n) is 20.2. The van der Waals surface area contributed by atoms with Gasteiger partial charge in [-0.2, -0.15) is 0 Å². The number of carbonyl (C=O) groups is 1. The van der Waals surface area contributed by atoms with Gasteiger partial charge in [0.2, 0.25) is 5.56 Å². The summed E-state index contributed by atoms with van der Waals surface area (Å²) in [5.74, 6) is -0.544. The molecule has 1 aliphatic carbocycles. The van der Waals surface area contributed by atoms with E-state index in [0.29, 0.717) is 23.6 Å². The number of aliphatic carboxylic acids is 1. The van der Waals surface area contributed by atoms with Gasteiger partial charge in [-0.15, -0.1) is 0 Å². The molecule has 3 aromatic rings. The van der Waals surface area contributed by atoms with Crippen LogP contribution in [-0.2, 0) is 11.8 Å². The first-order chi connectivity index (χ1) is 16.9. The number of hydrogen-bond donors (Lipinski definition) is 2. The van der Waals surface area contributed by atoms with E-state index in [-0.39, 0.29) is 17.4 Å². The van der Waals surface area contributed by atoms with Gasteiger partial charge in [-0.1, -0.05) is 53.7 Å². The maximum Gasteiger partial charge on any atom is 0.306 e. The van der Waals surface area contributed by atoms with Crippen LogP contribution >= 0.6 is 0 Å². The van der Waals surface area contributed by atoms with E-state index in [1.165, 1.54) is 16.2 Å². The second-order valence-corrected chi connectivity index (χ2v) is 9.58. The van der Waals surface area contributed by atoms with Crippen LogP contribution in [0.25, 0.3) is 0 Å². The van der Waals surface area contributed by atoms with Crippen molar-refractivity contribution in [3.63, 3.8) is 0 Å². The van der Waals surface area contributed by atoms with E-state index >= 15 is 0 Å². The lowest BCUT2D eigenvalue weighted by Crippen LogP contribution is -2.20. The van der Waals surface area contributed by atoms with Crippen molar-refractivity contribution in [2.24, 2.45) is 18.1 Å². The van der Waals surface area contributed by atoms with E-state index in [1.807, 2.05) is 12.1 Å². The summed E-state index contributed by atoms with van der Waals surface area (Å²) in [5, 5.41) is 22.8. The van der Waals surface area contributed by atoms with Crippen molar-refractivity contribution < 1.29 is 15.1 Å². The molecule has 1 fully saturated rings. The summed E-state index contributed by atoms with van der Waals surface area (Å²) in [5.41, 5.74) is 5.79. The number of aryl methyl sites for hydroxylation is 2. The second kappa shape index (κ2) is 10.7. The number of carboxylic acids is 1. The van der Waals surface area contributed by atoms with E-state index < -0.39 is 5.97 Å². The first-order valence-corrected chi connectivity index (χ1v) is 12.1. The van der Waals surface area contributed by atoms with Crippen LogP contribution in [-0.4, -0.2) is 26.6 Å². The molecule has 0 bridgehead atoms. The van der Waals surface area contributed by atoms with Gasteiger partial charge in [-0.25, -0.2) is 0 Å². The SMILES string of the molecule is Cc1ccccc1[C@@H](C/C(=N/O)c1ccc(=O)n(C)c1)c1ccc(C2CCC(C(=O)O)CC2)cc1. The molecule has 2 N–H and O–H groups in total.